The van der Waals surface area contributed by atoms with Gasteiger partial charge in [-0.1, -0.05) is 48.6 Å². The van der Waals surface area contributed by atoms with Gasteiger partial charge in [0.15, 0.2) is 0 Å². The molecule has 232 valence electrons. The van der Waals surface area contributed by atoms with Crippen LogP contribution in [-0.2, 0) is 48.0 Å². The number of rotatable bonds is 6. The second-order valence-corrected chi connectivity index (χ2v) is 14.3. The second kappa shape index (κ2) is 9.80. The minimum Gasteiger partial charge on any atom is -0.272 e. The highest BCUT2D eigenvalue weighted by molar-refractivity contribution is 7.87. The predicted octanol–water partition coefficient (Wildman–Crippen LogP) is 1.74. The zero-order valence-corrected chi connectivity index (χ0v) is 24.9. The third-order valence-electron chi connectivity index (χ3n) is 9.00. The molecule has 2 aliphatic heterocycles. The van der Waals surface area contributed by atoms with Crippen molar-refractivity contribution in [1.29, 1.82) is 0 Å². The van der Waals surface area contributed by atoms with E-state index in [0.29, 0.717) is 10.8 Å². The summed E-state index contributed by atoms with van der Waals surface area (Å²) in [6, 6.07) is 15.1. The maximum absolute atomic E-state index is 13.6. The van der Waals surface area contributed by atoms with Crippen LogP contribution in [0.1, 0.15) is 0 Å². The highest BCUT2D eigenvalue weighted by atomic mass is 32.2. The molecule has 4 aromatic rings. The van der Waals surface area contributed by atoms with E-state index in [1.54, 1.807) is 36.4 Å². The van der Waals surface area contributed by atoms with Crippen LogP contribution in [0.25, 0.3) is 21.8 Å². The summed E-state index contributed by atoms with van der Waals surface area (Å²) < 4.78 is 63.6. The third kappa shape index (κ3) is 3.93. The molecule has 4 atom stereocenters. The van der Waals surface area contributed by atoms with Crippen LogP contribution in [0.3, 0.4) is 0 Å². The van der Waals surface area contributed by atoms with Crippen molar-refractivity contribution >= 4 is 65.7 Å². The average molecular weight is 661 g/mol. The van der Waals surface area contributed by atoms with Gasteiger partial charge < -0.3 is 0 Å². The van der Waals surface area contributed by atoms with E-state index in [9.17, 15) is 36.0 Å². The number of aromatic nitrogens is 2. The molecule has 4 heterocycles. The molecule has 4 unspecified atom stereocenters. The van der Waals surface area contributed by atoms with Crippen LogP contribution < -0.4 is 0 Å². The van der Waals surface area contributed by atoms with Crippen LogP contribution >= 0.6 is 0 Å². The maximum atomic E-state index is 13.6. The minimum absolute atomic E-state index is 0.0725. The molecule has 46 heavy (non-hydrogen) atoms. The summed E-state index contributed by atoms with van der Waals surface area (Å²) in [7, 11) is -9.47. The molecule has 14 nitrogen and oxygen atoms in total. The van der Waals surface area contributed by atoms with Gasteiger partial charge in [-0.3, -0.25) is 29.1 Å². The number of carbonyl (C=O) groups excluding carboxylic acids is 4. The van der Waals surface area contributed by atoms with E-state index in [1.165, 1.54) is 48.8 Å². The normalized spacial score (nSPS) is 27.2. The predicted molar refractivity (Wildman–Crippen MR) is 154 cm³/mol. The molecular formula is C30H20N4O10S2. The first-order valence-corrected chi connectivity index (χ1v) is 16.8. The Kier molecular flexibility index (Phi) is 6.08. The van der Waals surface area contributed by atoms with Crippen LogP contribution in [0.2, 0.25) is 0 Å². The Labute approximate surface area is 260 Å². The number of hydrogen-bond acceptors (Lipinski definition) is 12. The zero-order valence-electron chi connectivity index (χ0n) is 23.2. The van der Waals surface area contributed by atoms with E-state index < -0.39 is 79.4 Å². The van der Waals surface area contributed by atoms with E-state index in [-0.39, 0.29) is 31.0 Å². The van der Waals surface area contributed by atoms with E-state index in [1.807, 2.05) is 0 Å². The SMILES string of the molecule is O=C1C2C3C=CC(C2C(=O)N1OS(=O)(=O)c1cccc2cccnc12)C1C(=O)N(OS(=O)(=O)c2cccc4cccnc24)C(=O)C31. The number of fused-ring (bicyclic) bond motifs is 2. The molecule has 2 saturated heterocycles. The summed E-state index contributed by atoms with van der Waals surface area (Å²) in [5.74, 6) is -11.0. The zero-order chi connectivity index (χ0) is 32.1. The van der Waals surface area contributed by atoms with Crippen LogP contribution in [0.4, 0.5) is 0 Å². The lowest BCUT2D eigenvalue weighted by Gasteiger charge is -2.44. The van der Waals surface area contributed by atoms with Gasteiger partial charge >= 0.3 is 20.2 Å². The summed E-state index contributed by atoms with van der Waals surface area (Å²) >= 11 is 0. The standard InChI is InChI=1S/C30H20N4O10S2/c35-27-21-17-11-12-18(22(21)28(36)33(27)43-45(39,40)19-9-1-5-15-7-3-13-31-25(15)19)24-23(17)29(37)34(30(24)38)44-46(41,42)20-10-2-6-16-8-4-14-32-26(16)20/h1-14,17-18,21-24H. The monoisotopic (exact) mass is 660 g/mol. The topological polar surface area (TPSA) is 187 Å². The lowest BCUT2D eigenvalue weighted by molar-refractivity contribution is -0.166. The molecule has 0 radical (unpaired) electrons. The molecule has 16 heteroatoms. The molecule has 2 aromatic carbocycles. The first-order chi connectivity index (χ1) is 22.0. The lowest BCUT2D eigenvalue weighted by atomic mass is 9.54. The van der Waals surface area contributed by atoms with Gasteiger partial charge in [-0.25, -0.2) is 0 Å². The number of nitrogens with zero attached hydrogens (tertiary/aromatic N) is 4. The summed E-state index contributed by atoms with van der Waals surface area (Å²) in [5, 5.41) is 1.33. The molecule has 0 N–H and O–H groups in total. The van der Waals surface area contributed by atoms with Crippen molar-refractivity contribution in [1.82, 2.24) is 20.1 Å². The molecule has 2 bridgehead atoms. The van der Waals surface area contributed by atoms with Crippen molar-refractivity contribution in [3.05, 3.63) is 85.2 Å². The van der Waals surface area contributed by atoms with Crippen molar-refractivity contribution in [2.45, 2.75) is 9.79 Å². The van der Waals surface area contributed by atoms with Gasteiger partial charge in [-0.05, 0) is 24.3 Å². The average Bonchev–Trinajstić information content (AvgIpc) is 3.46. The summed E-state index contributed by atoms with van der Waals surface area (Å²) in [5.41, 5.74) is 0.145. The van der Waals surface area contributed by atoms with Crippen LogP contribution in [0, 0.1) is 35.5 Å². The number of imide groups is 2. The molecule has 2 aromatic heterocycles. The number of para-hydroxylation sites is 2. The van der Waals surface area contributed by atoms with Gasteiger partial charge in [0.1, 0.15) is 9.79 Å². The quantitative estimate of drug-likeness (QED) is 0.216. The molecule has 3 aliphatic carbocycles. The highest BCUT2D eigenvalue weighted by Gasteiger charge is 2.70. The third-order valence-corrected chi connectivity index (χ3v) is 11.4. The Balaban J connectivity index is 1.09. The minimum atomic E-state index is -4.74. The Bertz CT molecular complexity index is 2090. The molecule has 3 fully saturated rings. The lowest BCUT2D eigenvalue weighted by Crippen LogP contribution is -2.50. The fraction of sp³-hybridized carbons (Fsp3) is 0.200. The Morgan fingerprint density at radius 2 is 0.870 bits per heavy atom. The van der Waals surface area contributed by atoms with Crippen molar-refractivity contribution < 1.29 is 44.6 Å². The molecule has 4 amide bonds. The fourth-order valence-corrected chi connectivity index (χ4v) is 9.30. The van der Waals surface area contributed by atoms with Crippen molar-refractivity contribution in [3.63, 3.8) is 0 Å². The van der Waals surface area contributed by atoms with Crippen LogP contribution in [0.5, 0.6) is 0 Å². The molecule has 9 rings (SSSR count). The number of hydroxylamine groups is 4. The number of pyridine rings is 2. The van der Waals surface area contributed by atoms with Gasteiger partial charge in [0.2, 0.25) is 0 Å². The van der Waals surface area contributed by atoms with Crippen molar-refractivity contribution in [2.24, 2.45) is 35.5 Å². The van der Waals surface area contributed by atoms with E-state index in [0.717, 1.165) is 0 Å². The molecule has 0 spiro atoms. The molecule has 5 aliphatic rings. The van der Waals surface area contributed by atoms with E-state index >= 15 is 0 Å². The van der Waals surface area contributed by atoms with Gasteiger partial charge in [0, 0.05) is 35.0 Å². The van der Waals surface area contributed by atoms with E-state index in [4.69, 9.17) is 8.57 Å². The summed E-state index contributed by atoms with van der Waals surface area (Å²) in [6.07, 6.45) is 5.80. The van der Waals surface area contributed by atoms with Gasteiger partial charge in [0.05, 0.1) is 34.7 Å². The first-order valence-electron chi connectivity index (χ1n) is 14.0. The van der Waals surface area contributed by atoms with Crippen molar-refractivity contribution in [2.75, 3.05) is 0 Å². The van der Waals surface area contributed by atoms with Gasteiger partial charge in [0.25, 0.3) is 23.6 Å². The summed E-state index contributed by atoms with van der Waals surface area (Å²) in [6.45, 7) is 0. The van der Waals surface area contributed by atoms with E-state index in [2.05, 4.69) is 9.97 Å². The highest BCUT2D eigenvalue weighted by Crippen LogP contribution is 2.58. The van der Waals surface area contributed by atoms with Crippen LogP contribution in [0.15, 0.2) is 95.0 Å². The van der Waals surface area contributed by atoms with Gasteiger partial charge in [-0.2, -0.15) is 16.8 Å². The number of allylic oxidation sites excluding steroid dienone is 2. The number of amides is 4. The Morgan fingerprint density at radius 1 is 0.522 bits per heavy atom. The fourth-order valence-electron chi connectivity index (χ4n) is 7.15. The number of carbonyl (C=O) groups is 4. The Hall–Kier alpha value is -4.90. The molecule has 1 saturated carbocycles. The second-order valence-electron chi connectivity index (χ2n) is 11.3. The molecular weight excluding hydrogens is 640 g/mol. The smallest absolute Gasteiger partial charge is 0.272 e. The summed E-state index contributed by atoms with van der Waals surface area (Å²) in [4.78, 5) is 62.0. The maximum Gasteiger partial charge on any atom is 0.320 e. The van der Waals surface area contributed by atoms with Gasteiger partial charge in [-0.15, -0.1) is 18.7 Å². The number of benzene rings is 2. The Morgan fingerprint density at radius 3 is 1.24 bits per heavy atom. The number of hydrogen-bond donors (Lipinski definition) is 0. The largest absolute Gasteiger partial charge is 0.320 e. The first kappa shape index (κ1) is 28.6. The van der Waals surface area contributed by atoms with Crippen LogP contribution in [-0.4, -0.2) is 60.6 Å². The van der Waals surface area contributed by atoms with Crippen molar-refractivity contribution in [3.8, 4) is 0 Å².